The predicted octanol–water partition coefficient (Wildman–Crippen LogP) is 3.72. The Morgan fingerprint density at radius 1 is 0.915 bits per heavy atom. The smallest absolute Gasteiger partial charge is 0.409 e. The molecule has 2 aromatic rings. The number of carboxylic acid groups (broad SMARTS) is 1. The van der Waals surface area contributed by atoms with Crippen molar-refractivity contribution in [2.24, 2.45) is 23.2 Å². The number of ether oxygens (including phenoxy) is 1. The number of benzene rings is 2. The first kappa shape index (κ1) is 32.5. The Morgan fingerprint density at radius 3 is 2.06 bits per heavy atom. The van der Waals surface area contributed by atoms with Gasteiger partial charge in [0.2, 0.25) is 11.6 Å². The van der Waals surface area contributed by atoms with Crippen molar-refractivity contribution in [1.82, 2.24) is 20.4 Å². The molecule has 1 aliphatic heterocycles. The molecule has 0 aromatic heterocycles. The van der Waals surface area contributed by atoms with E-state index in [0.717, 1.165) is 36.6 Å². The van der Waals surface area contributed by atoms with Crippen molar-refractivity contribution in [3.63, 3.8) is 0 Å². The number of alkyl carbamates (subject to hydrolysis) is 1. The van der Waals surface area contributed by atoms with E-state index in [2.05, 4.69) is 10.6 Å². The predicted molar refractivity (Wildman–Crippen MR) is 168 cm³/mol. The number of aliphatic hydroxyl groups is 1. The van der Waals surface area contributed by atoms with Crippen LogP contribution in [-0.2, 0) is 37.8 Å². The summed E-state index contributed by atoms with van der Waals surface area (Å²) in [6.07, 6.45) is 5.74. The highest BCUT2D eigenvalue weighted by Gasteiger charge is 2.56. The van der Waals surface area contributed by atoms with E-state index in [9.17, 15) is 34.2 Å². The molecular formula is C35H42N4O8. The van der Waals surface area contributed by atoms with E-state index < -0.39 is 47.7 Å². The number of hydrogen-bond acceptors (Lipinski definition) is 7. The minimum absolute atomic E-state index is 0.0613. The van der Waals surface area contributed by atoms with Gasteiger partial charge in [0.1, 0.15) is 12.1 Å². The molecule has 2 atom stereocenters. The third-order valence-corrected chi connectivity index (χ3v) is 10.7. The molecule has 12 heteroatoms. The number of rotatable bonds is 11. The van der Waals surface area contributed by atoms with Crippen LogP contribution in [0.25, 0.3) is 0 Å². The summed E-state index contributed by atoms with van der Waals surface area (Å²) in [5.74, 6) is -1.23. The molecule has 0 spiro atoms. The molecular weight excluding hydrogens is 604 g/mol. The van der Waals surface area contributed by atoms with Crippen molar-refractivity contribution in [2.45, 2.75) is 76.7 Å². The lowest BCUT2D eigenvalue weighted by Gasteiger charge is -2.56. The van der Waals surface area contributed by atoms with Gasteiger partial charge >= 0.3 is 18.1 Å². The molecule has 5 amide bonds. The zero-order valence-electron chi connectivity index (χ0n) is 26.7. The molecule has 0 radical (unpaired) electrons. The van der Waals surface area contributed by atoms with Crippen LogP contribution < -0.4 is 10.6 Å². The Balaban J connectivity index is 1.15. The molecule has 5 aliphatic rings. The molecule has 1 saturated heterocycles. The standard InChI is InChI=1S/C35H42N4O8/c1-33(27-10-8-23(20-40)9-11-27)29(42)38(32(46)39(33)18-22-6-4-3-5-7-22)19-28(41)36-34(2,30(43)44)37-31(45)47-21-35-15-24-12-25(16-35)14-26(13-24)17-35/h3-11,24-26,40H,12-21H2,1-2H3,(H,36,41)(H,37,45)(H,43,44)/t24?,25?,26?,33-,34?,35?/m0/s1. The Bertz CT molecular complexity index is 1530. The maximum Gasteiger partial charge on any atom is 0.409 e. The zero-order valence-corrected chi connectivity index (χ0v) is 26.7. The van der Waals surface area contributed by atoms with E-state index >= 15 is 0 Å². The van der Waals surface area contributed by atoms with Crippen LogP contribution in [0, 0.1) is 23.2 Å². The summed E-state index contributed by atoms with van der Waals surface area (Å²) in [6.45, 7) is 1.98. The Hall–Kier alpha value is -4.45. The van der Waals surface area contributed by atoms with Crippen molar-refractivity contribution >= 4 is 29.9 Å². The summed E-state index contributed by atoms with van der Waals surface area (Å²) in [5, 5.41) is 24.1. The molecule has 5 fully saturated rings. The second-order valence-electron chi connectivity index (χ2n) is 14.3. The maximum atomic E-state index is 14.0. The van der Waals surface area contributed by atoms with E-state index in [-0.39, 0.29) is 25.2 Å². The molecule has 4 saturated carbocycles. The first-order valence-corrected chi connectivity index (χ1v) is 16.2. The molecule has 2 aromatic carbocycles. The van der Waals surface area contributed by atoms with E-state index in [4.69, 9.17) is 4.74 Å². The number of nitrogens with one attached hydrogen (secondary N) is 2. The van der Waals surface area contributed by atoms with Crippen LogP contribution in [0.15, 0.2) is 54.6 Å². The van der Waals surface area contributed by atoms with Crippen LogP contribution in [0.2, 0.25) is 0 Å². The van der Waals surface area contributed by atoms with Crippen LogP contribution in [0.3, 0.4) is 0 Å². The fourth-order valence-corrected chi connectivity index (χ4v) is 8.67. The molecule has 250 valence electrons. The zero-order chi connectivity index (χ0) is 33.6. The lowest BCUT2D eigenvalue weighted by atomic mass is 9.50. The van der Waals surface area contributed by atoms with Gasteiger partial charge in [0.25, 0.3) is 5.91 Å². The molecule has 4 aliphatic carbocycles. The van der Waals surface area contributed by atoms with Gasteiger partial charge in [0, 0.05) is 12.0 Å². The lowest BCUT2D eigenvalue weighted by molar-refractivity contribution is -0.148. The third-order valence-electron chi connectivity index (χ3n) is 10.7. The van der Waals surface area contributed by atoms with Gasteiger partial charge in [0.05, 0.1) is 13.2 Å². The van der Waals surface area contributed by atoms with Crippen LogP contribution in [-0.4, -0.2) is 68.7 Å². The lowest BCUT2D eigenvalue weighted by Crippen LogP contribution is -2.65. The molecule has 4 N–H and O–H groups in total. The molecule has 7 rings (SSSR count). The van der Waals surface area contributed by atoms with Crippen LogP contribution in [0.1, 0.15) is 69.1 Å². The van der Waals surface area contributed by atoms with Gasteiger partial charge in [-0.25, -0.2) is 14.4 Å². The van der Waals surface area contributed by atoms with Crippen LogP contribution >= 0.6 is 0 Å². The topological polar surface area (TPSA) is 166 Å². The van der Waals surface area contributed by atoms with Crippen molar-refractivity contribution < 1.29 is 38.9 Å². The first-order valence-electron chi connectivity index (χ1n) is 16.2. The number of imide groups is 1. The van der Waals surface area contributed by atoms with Crippen molar-refractivity contribution in [1.29, 1.82) is 0 Å². The van der Waals surface area contributed by atoms with Gasteiger partial charge in [-0.3, -0.25) is 19.8 Å². The van der Waals surface area contributed by atoms with Crippen LogP contribution in [0.4, 0.5) is 9.59 Å². The Labute approximate surface area is 273 Å². The largest absolute Gasteiger partial charge is 0.478 e. The van der Waals surface area contributed by atoms with Gasteiger partial charge in [-0.2, -0.15) is 0 Å². The molecule has 47 heavy (non-hydrogen) atoms. The maximum absolute atomic E-state index is 14.0. The van der Waals surface area contributed by atoms with Crippen LogP contribution in [0.5, 0.6) is 0 Å². The number of amides is 5. The summed E-state index contributed by atoms with van der Waals surface area (Å²) >= 11 is 0. The number of carbonyl (C=O) groups is 5. The number of aliphatic carboxylic acids is 1. The summed E-state index contributed by atoms with van der Waals surface area (Å²) in [4.78, 5) is 68.5. The van der Waals surface area contributed by atoms with Crippen molar-refractivity contribution in [3.05, 3.63) is 71.3 Å². The Kier molecular flexibility index (Phi) is 8.50. The van der Waals surface area contributed by atoms with Gasteiger partial charge in [-0.05, 0) is 86.8 Å². The normalized spacial score (nSPS) is 29.0. The highest BCUT2D eigenvalue weighted by atomic mass is 16.5. The van der Waals surface area contributed by atoms with Gasteiger partial charge < -0.3 is 25.2 Å². The highest BCUT2D eigenvalue weighted by molar-refractivity contribution is 6.09. The summed E-state index contributed by atoms with van der Waals surface area (Å²) in [6, 6.07) is 15.0. The monoisotopic (exact) mass is 646 g/mol. The Morgan fingerprint density at radius 2 is 1.51 bits per heavy atom. The van der Waals surface area contributed by atoms with Crippen molar-refractivity contribution in [2.75, 3.05) is 13.2 Å². The first-order chi connectivity index (χ1) is 22.3. The summed E-state index contributed by atoms with van der Waals surface area (Å²) < 4.78 is 5.58. The minimum atomic E-state index is -2.27. The third kappa shape index (κ3) is 6.18. The van der Waals surface area contributed by atoms with Gasteiger partial charge in [0.15, 0.2) is 0 Å². The fourth-order valence-electron chi connectivity index (χ4n) is 8.67. The van der Waals surface area contributed by atoms with E-state index in [0.29, 0.717) is 28.9 Å². The quantitative estimate of drug-likeness (QED) is 0.212. The average Bonchev–Trinajstić information content (AvgIpc) is 3.20. The van der Waals surface area contributed by atoms with Gasteiger partial charge in [-0.1, -0.05) is 54.6 Å². The number of aliphatic hydroxyl groups excluding tert-OH is 1. The molecule has 4 bridgehead atoms. The second kappa shape index (κ2) is 12.3. The molecule has 1 heterocycles. The second-order valence-corrected chi connectivity index (χ2v) is 14.3. The molecule has 12 nitrogen and oxygen atoms in total. The number of nitrogens with zero attached hydrogens (tertiary/aromatic N) is 2. The SMILES string of the molecule is CC(NC(=O)CN1C(=O)N(Cc2ccccc2)[C@@](C)(c2ccc(CO)cc2)C1=O)(NC(=O)OCC12CC3CC(CC(C3)C1)C2)C(=O)O. The highest BCUT2D eigenvalue weighted by Crippen LogP contribution is 2.60. The number of carboxylic acids is 1. The molecule has 1 unspecified atom stereocenters. The summed E-state index contributed by atoms with van der Waals surface area (Å²) in [7, 11) is 0. The van der Waals surface area contributed by atoms with Crippen molar-refractivity contribution in [3.8, 4) is 0 Å². The minimum Gasteiger partial charge on any atom is -0.478 e. The van der Waals surface area contributed by atoms with E-state index in [1.165, 1.54) is 24.2 Å². The number of urea groups is 1. The fraction of sp³-hybridized carbons (Fsp3) is 0.514. The van der Waals surface area contributed by atoms with E-state index in [1.54, 1.807) is 31.2 Å². The summed E-state index contributed by atoms with van der Waals surface area (Å²) in [5.41, 5.74) is -2.00. The van der Waals surface area contributed by atoms with E-state index in [1.807, 2.05) is 30.3 Å². The number of carbonyl (C=O) groups excluding carboxylic acids is 4. The van der Waals surface area contributed by atoms with Gasteiger partial charge in [-0.15, -0.1) is 0 Å². The number of hydrogen-bond donors (Lipinski definition) is 4. The average molecular weight is 647 g/mol.